The maximum absolute atomic E-state index is 8.81. The molecule has 0 bridgehead atoms. The van der Waals surface area contributed by atoms with Gasteiger partial charge in [0.2, 0.25) is 0 Å². The Hall–Kier alpha value is -1.45. The van der Waals surface area contributed by atoms with Gasteiger partial charge in [-0.05, 0) is 24.8 Å². The SMILES string of the molecule is N#CC[C@@H]1CC[C@H](C[C@@H](CC2OCCO2)OCc2ccccc2)O1. The lowest BCUT2D eigenvalue weighted by atomic mass is 10.0. The molecule has 0 radical (unpaired) electrons. The molecule has 1 aromatic carbocycles. The van der Waals surface area contributed by atoms with E-state index in [9.17, 15) is 0 Å². The zero-order chi connectivity index (χ0) is 16.6. The molecule has 5 nitrogen and oxygen atoms in total. The van der Waals surface area contributed by atoms with E-state index in [0.717, 1.165) is 31.2 Å². The zero-order valence-corrected chi connectivity index (χ0v) is 13.9. The van der Waals surface area contributed by atoms with E-state index in [1.165, 1.54) is 0 Å². The molecule has 0 spiro atoms. The molecule has 2 saturated heterocycles. The van der Waals surface area contributed by atoms with Crippen molar-refractivity contribution < 1.29 is 18.9 Å². The fourth-order valence-electron chi connectivity index (χ4n) is 3.28. The van der Waals surface area contributed by atoms with Gasteiger partial charge in [-0.25, -0.2) is 0 Å². The highest BCUT2D eigenvalue weighted by Crippen LogP contribution is 2.28. The van der Waals surface area contributed by atoms with Gasteiger partial charge in [-0.2, -0.15) is 5.26 Å². The van der Waals surface area contributed by atoms with Crippen LogP contribution in [0, 0.1) is 11.3 Å². The molecule has 0 N–H and O–H groups in total. The highest BCUT2D eigenvalue weighted by Gasteiger charge is 2.30. The molecule has 2 heterocycles. The molecule has 3 rings (SSSR count). The predicted molar refractivity (Wildman–Crippen MR) is 88.1 cm³/mol. The quantitative estimate of drug-likeness (QED) is 0.732. The summed E-state index contributed by atoms with van der Waals surface area (Å²) in [5.41, 5.74) is 1.16. The average molecular weight is 331 g/mol. The molecule has 3 atom stereocenters. The van der Waals surface area contributed by atoms with E-state index in [0.29, 0.717) is 26.2 Å². The van der Waals surface area contributed by atoms with Gasteiger partial charge in [-0.3, -0.25) is 0 Å². The van der Waals surface area contributed by atoms with E-state index >= 15 is 0 Å². The van der Waals surface area contributed by atoms with Crippen LogP contribution in [0.4, 0.5) is 0 Å². The highest BCUT2D eigenvalue weighted by atomic mass is 16.7. The molecule has 24 heavy (non-hydrogen) atoms. The number of hydrogen-bond acceptors (Lipinski definition) is 5. The molecule has 0 unspecified atom stereocenters. The molecular weight excluding hydrogens is 306 g/mol. The molecule has 130 valence electrons. The first-order chi connectivity index (χ1) is 11.8. The summed E-state index contributed by atoms with van der Waals surface area (Å²) >= 11 is 0. The summed E-state index contributed by atoms with van der Waals surface area (Å²) in [4.78, 5) is 0. The van der Waals surface area contributed by atoms with Crippen LogP contribution in [0.15, 0.2) is 30.3 Å². The Morgan fingerprint density at radius 1 is 1.08 bits per heavy atom. The zero-order valence-electron chi connectivity index (χ0n) is 13.9. The standard InChI is InChI=1S/C19H25NO4/c20-9-8-16-6-7-17(24-16)12-18(13-19-21-10-11-22-19)23-14-15-4-2-1-3-5-15/h1-5,16-19H,6-8,10-14H2/t16-,17+,18-/m0/s1. The van der Waals surface area contributed by atoms with E-state index in [-0.39, 0.29) is 24.6 Å². The maximum atomic E-state index is 8.81. The Balaban J connectivity index is 1.52. The molecule has 2 aliphatic rings. The normalized spacial score (nSPS) is 25.6. The van der Waals surface area contributed by atoms with Crippen molar-refractivity contribution >= 4 is 0 Å². The lowest BCUT2D eigenvalue weighted by Gasteiger charge is -2.23. The molecule has 2 fully saturated rings. The number of ether oxygens (including phenoxy) is 4. The first-order valence-electron chi connectivity index (χ1n) is 8.74. The van der Waals surface area contributed by atoms with Crippen LogP contribution in [-0.2, 0) is 25.6 Å². The van der Waals surface area contributed by atoms with Crippen LogP contribution >= 0.6 is 0 Å². The molecule has 1 aromatic rings. The number of nitrogens with zero attached hydrogens (tertiary/aromatic N) is 1. The number of rotatable bonds is 8. The third kappa shape index (κ3) is 5.29. The topological polar surface area (TPSA) is 60.7 Å². The molecule has 0 aromatic heterocycles. The molecule has 5 heteroatoms. The smallest absolute Gasteiger partial charge is 0.160 e. The van der Waals surface area contributed by atoms with Crippen molar-refractivity contribution in [3.05, 3.63) is 35.9 Å². The van der Waals surface area contributed by atoms with Crippen LogP contribution < -0.4 is 0 Å². The summed E-state index contributed by atoms with van der Waals surface area (Å²) in [7, 11) is 0. The molecule has 2 aliphatic heterocycles. The fraction of sp³-hybridized carbons (Fsp3) is 0.632. The van der Waals surface area contributed by atoms with Crippen molar-refractivity contribution in [3.8, 4) is 6.07 Å². The van der Waals surface area contributed by atoms with Gasteiger partial charge in [0.15, 0.2) is 6.29 Å². The first-order valence-corrected chi connectivity index (χ1v) is 8.74. The second-order valence-corrected chi connectivity index (χ2v) is 6.38. The molecule has 0 amide bonds. The third-order valence-electron chi connectivity index (χ3n) is 4.51. The summed E-state index contributed by atoms with van der Waals surface area (Å²) in [6.07, 6.45) is 4.04. The number of nitriles is 1. The van der Waals surface area contributed by atoms with Gasteiger partial charge in [0, 0.05) is 6.42 Å². The second kappa shape index (κ2) is 9.14. The summed E-state index contributed by atoms with van der Waals surface area (Å²) < 4.78 is 23.3. The maximum Gasteiger partial charge on any atom is 0.160 e. The van der Waals surface area contributed by atoms with Gasteiger partial charge >= 0.3 is 0 Å². The van der Waals surface area contributed by atoms with Crippen LogP contribution in [0.3, 0.4) is 0 Å². The van der Waals surface area contributed by atoms with Crippen molar-refractivity contribution in [1.29, 1.82) is 5.26 Å². The lowest BCUT2D eigenvalue weighted by Crippen LogP contribution is -2.26. The Kier molecular flexibility index (Phi) is 6.62. The van der Waals surface area contributed by atoms with Crippen LogP contribution in [0.25, 0.3) is 0 Å². The van der Waals surface area contributed by atoms with Crippen molar-refractivity contribution in [2.75, 3.05) is 13.2 Å². The second-order valence-electron chi connectivity index (χ2n) is 6.38. The van der Waals surface area contributed by atoms with Crippen molar-refractivity contribution in [1.82, 2.24) is 0 Å². The summed E-state index contributed by atoms with van der Waals surface area (Å²) in [5.74, 6) is 0. The third-order valence-corrected chi connectivity index (χ3v) is 4.51. The van der Waals surface area contributed by atoms with E-state index in [2.05, 4.69) is 18.2 Å². The van der Waals surface area contributed by atoms with Crippen LogP contribution in [0.5, 0.6) is 0 Å². The van der Waals surface area contributed by atoms with E-state index in [1.54, 1.807) is 0 Å². The van der Waals surface area contributed by atoms with E-state index in [4.69, 9.17) is 24.2 Å². The van der Waals surface area contributed by atoms with Gasteiger partial charge in [-0.1, -0.05) is 30.3 Å². The summed E-state index contributed by atoms with van der Waals surface area (Å²) in [6.45, 7) is 1.88. The van der Waals surface area contributed by atoms with E-state index < -0.39 is 0 Å². The van der Waals surface area contributed by atoms with Crippen molar-refractivity contribution in [2.45, 2.75) is 63.3 Å². The minimum Gasteiger partial charge on any atom is -0.374 e. The molecular formula is C19H25NO4. The summed E-state index contributed by atoms with van der Waals surface area (Å²) in [5, 5.41) is 8.81. The van der Waals surface area contributed by atoms with Crippen LogP contribution in [-0.4, -0.2) is 37.8 Å². The van der Waals surface area contributed by atoms with Gasteiger partial charge in [0.05, 0.1) is 50.6 Å². The Labute approximate surface area is 143 Å². The fourth-order valence-corrected chi connectivity index (χ4v) is 3.28. The van der Waals surface area contributed by atoms with Crippen LogP contribution in [0.1, 0.15) is 37.7 Å². The first kappa shape index (κ1) is 17.4. The minimum atomic E-state index is -0.179. The summed E-state index contributed by atoms with van der Waals surface area (Å²) in [6, 6.07) is 12.4. The highest BCUT2D eigenvalue weighted by molar-refractivity contribution is 5.13. The average Bonchev–Trinajstić information content (AvgIpc) is 3.26. The van der Waals surface area contributed by atoms with Gasteiger partial charge in [-0.15, -0.1) is 0 Å². The molecule has 0 aliphatic carbocycles. The Bertz CT molecular complexity index is 524. The monoisotopic (exact) mass is 331 g/mol. The van der Waals surface area contributed by atoms with Gasteiger partial charge in [0.1, 0.15) is 0 Å². The van der Waals surface area contributed by atoms with Crippen molar-refractivity contribution in [2.24, 2.45) is 0 Å². The van der Waals surface area contributed by atoms with Gasteiger partial charge < -0.3 is 18.9 Å². The van der Waals surface area contributed by atoms with Crippen molar-refractivity contribution in [3.63, 3.8) is 0 Å². The largest absolute Gasteiger partial charge is 0.374 e. The van der Waals surface area contributed by atoms with Gasteiger partial charge in [0.25, 0.3) is 0 Å². The lowest BCUT2D eigenvalue weighted by molar-refractivity contribution is -0.0980. The molecule has 0 saturated carbocycles. The Morgan fingerprint density at radius 3 is 2.58 bits per heavy atom. The number of benzene rings is 1. The minimum absolute atomic E-state index is 0.0270. The van der Waals surface area contributed by atoms with E-state index in [1.807, 2.05) is 18.2 Å². The number of hydrogen-bond donors (Lipinski definition) is 0. The Morgan fingerprint density at radius 2 is 1.83 bits per heavy atom. The van der Waals surface area contributed by atoms with Crippen LogP contribution in [0.2, 0.25) is 0 Å². The predicted octanol–water partition coefficient (Wildman–Crippen LogP) is 3.19.